The van der Waals surface area contributed by atoms with Crippen molar-refractivity contribution in [1.82, 2.24) is 14.8 Å². The summed E-state index contributed by atoms with van der Waals surface area (Å²) in [5.41, 5.74) is 0.951. The Labute approximate surface area is 170 Å². The zero-order valence-corrected chi connectivity index (χ0v) is 17.1. The number of aromatic nitrogens is 1. The van der Waals surface area contributed by atoms with E-state index in [1.54, 1.807) is 30.3 Å². The topological polar surface area (TPSA) is 92.2 Å². The molecule has 12 heteroatoms. The van der Waals surface area contributed by atoms with Crippen LogP contribution in [0.15, 0.2) is 5.38 Å². The Bertz CT molecular complexity index is 713. The van der Waals surface area contributed by atoms with E-state index in [1.807, 2.05) is 17.2 Å². The number of halogens is 3. The van der Waals surface area contributed by atoms with E-state index >= 15 is 0 Å². The van der Waals surface area contributed by atoms with E-state index in [-0.39, 0.29) is 24.3 Å². The van der Waals surface area contributed by atoms with Crippen molar-refractivity contribution in [2.24, 2.45) is 0 Å². The highest BCUT2D eigenvalue weighted by molar-refractivity contribution is 7.09. The third kappa shape index (κ3) is 6.28. The van der Waals surface area contributed by atoms with Gasteiger partial charge in [0.15, 0.2) is 0 Å². The van der Waals surface area contributed by atoms with Gasteiger partial charge < -0.3 is 24.4 Å². The third-order valence-corrected chi connectivity index (χ3v) is 5.28. The summed E-state index contributed by atoms with van der Waals surface area (Å²) < 4.78 is 43.7. The lowest BCUT2D eigenvalue weighted by molar-refractivity contribution is -0.192. The summed E-state index contributed by atoms with van der Waals surface area (Å²) in [5.74, 6) is -2.76. The van der Waals surface area contributed by atoms with E-state index in [4.69, 9.17) is 19.4 Å². The van der Waals surface area contributed by atoms with Crippen LogP contribution in [0, 0.1) is 6.92 Å². The molecule has 2 amide bonds. The highest BCUT2D eigenvalue weighted by Crippen LogP contribution is 2.31. The molecule has 1 aromatic rings. The molecular weight excluding hydrogens is 415 g/mol. The van der Waals surface area contributed by atoms with Crippen LogP contribution in [0.4, 0.5) is 18.0 Å². The number of carbonyl (C=O) groups excluding carboxylic acids is 1. The van der Waals surface area contributed by atoms with Gasteiger partial charge in [-0.15, -0.1) is 11.3 Å². The molecule has 0 saturated carbocycles. The number of alkyl halides is 3. The zero-order chi connectivity index (χ0) is 21.8. The summed E-state index contributed by atoms with van der Waals surface area (Å²) in [6, 6.07) is 0.168. The maximum Gasteiger partial charge on any atom is 0.490 e. The second-order valence-electron chi connectivity index (χ2n) is 6.88. The third-order valence-electron chi connectivity index (χ3n) is 4.46. The lowest BCUT2D eigenvalue weighted by Gasteiger charge is -2.33. The van der Waals surface area contributed by atoms with Gasteiger partial charge in [0.2, 0.25) is 0 Å². The van der Waals surface area contributed by atoms with Crippen molar-refractivity contribution in [1.29, 1.82) is 0 Å². The number of carbonyl (C=O) groups is 2. The van der Waals surface area contributed by atoms with Crippen molar-refractivity contribution in [3.05, 3.63) is 16.1 Å². The fourth-order valence-electron chi connectivity index (χ4n) is 3.20. The molecule has 2 aliphatic heterocycles. The number of fused-ring (bicyclic) bond motifs is 1. The Morgan fingerprint density at radius 2 is 2.10 bits per heavy atom. The van der Waals surface area contributed by atoms with E-state index in [1.165, 1.54) is 0 Å². The van der Waals surface area contributed by atoms with Gasteiger partial charge >= 0.3 is 18.2 Å². The number of aryl methyl sites for hydroxylation is 1. The van der Waals surface area contributed by atoms with Crippen LogP contribution in [0.2, 0.25) is 0 Å². The average Bonchev–Trinajstić information content (AvgIpc) is 3.22. The number of aliphatic carboxylic acids is 1. The molecular formula is C17H24F3N3O5S. The van der Waals surface area contributed by atoms with Gasteiger partial charge in [0.1, 0.15) is 12.2 Å². The Morgan fingerprint density at radius 1 is 1.45 bits per heavy atom. The van der Waals surface area contributed by atoms with Crippen molar-refractivity contribution in [3.63, 3.8) is 0 Å². The van der Waals surface area contributed by atoms with Gasteiger partial charge in [-0.3, -0.25) is 0 Å². The van der Waals surface area contributed by atoms with E-state index in [0.29, 0.717) is 13.2 Å². The molecule has 0 aromatic carbocycles. The van der Waals surface area contributed by atoms with Crippen LogP contribution in [0.3, 0.4) is 0 Å². The molecule has 164 valence electrons. The van der Waals surface area contributed by atoms with Crippen molar-refractivity contribution in [2.75, 3.05) is 27.2 Å². The van der Waals surface area contributed by atoms with E-state index in [0.717, 1.165) is 30.2 Å². The van der Waals surface area contributed by atoms with E-state index < -0.39 is 12.1 Å². The molecule has 3 heterocycles. The number of carboxylic acid groups (broad SMARTS) is 1. The van der Waals surface area contributed by atoms with Crippen LogP contribution < -0.4 is 0 Å². The maximum atomic E-state index is 12.4. The second kappa shape index (κ2) is 9.72. The predicted molar refractivity (Wildman–Crippen MR) is 97.7 cm³/mol. The van der Waals surface area contributed by atoms with Crippen molar-refractivity contribution < 1.29 is 37.3 Å². The number of carboxylic acids is 1. The zero-order valence-electron chi connectivity index (χ0n) is 16.3. The first-order valence-electron chi connectivity index (χ1n) is 8.93. The summed E-state index contributed by atoms with van der Waals surface area (Å²) in [6.07, 6.45) is -3.19. The standard InChI is InChI=1S/C15H23N3O3S.C2HF3O2/c1-10-16-11(9-22-10)8-21-13-7-18(15(19)17(2)3)12-5-4-6-20-14(12)13;3-2(4,5)1(6)7/h9,12-14H,4-8H2,1-3H3;(H,6,7)/t12-,13+,14+;/m1./s1. The molecule has 3 atom stereocenters. The minimum Gasteiger partial charge on any atom is -0.475 e. The number of thiazole rings is 1. The smallest absolute Gasteiger partial charge is 0.475 e. The number of hydrogen-bond acceptors (Lipinski definition) is 6. The summed E-state index contributed by atoms with van der Waals surface area (Å²) >= 11 is 1.63. The Kier molecular flexibility index (Phi) is 7.83. The number of likely N-dealkylation sites (tertiary alicyclic amines) is 1. The first-order chi connectivity index (χ1) is 13.5. The second-order valence-corrected chi connectivity index (χ2v) is 7.95. The number of amides is 2. The molecule has 8 nitrogen and oxygen atoms in total. The Balaban J connectivity index is 0.000000370. The van der Waals surface area contributed by atoms with Crippen molar-refractivity contribution in [2.45, 2.75) is 50.8 Å². The molecule has 3 rings (SSSR count). The molecule has 1 N–H and O–H groups in total. The van der Waals surface area contributed by atoms with Gasteiger partial charge in [0.05, 0.1) is 29.9 Å². The first kappa shape index (κ1) is 23.4. The minimum absolute atomic E-state index is 0.0163. The summed E-state index contributed by atoms with van der Waals surface area (Å²) in [4.78, 5) is 29.2. The number of hydrogen-bond donors (Lipinski definition) is 1. The molecule has 0 unspecified atom stereocenters. The highest BCUT2D eigenvalue weighted by atomic mass is 32.1. The molecule has 2 aliphatic rings. The first-order valence-corrected chi connectivity index (χ1v) is 9.81. The fourth-order valence-corrected chi connectivity index (χ4v) is 3.80. The van der Waals surface area contributed by atoms with Crippen molar-refractivity contribution in [3.8, 4) is 0 Å². The van der Waals surface area contributed by atoms with Crippen LogP contribution >= 0.6 is 11.3 Å². The van der Waals surface area contributed by atoms with Gasteiger partial charge in [-0.2, -0.15) is 13.2 Å². The SMILES string of the molecule is Cc1nc(CO[C@H]2CN(C(=O)N(C)C)[C@@H]3CCCO[C@H]23)cs1.O=C(O)C(F)(F)F. The van der Waals surface area contributed by atoms with Crippen LogP contribution in [0.1, 0.15) is 23.5 Å². The van der Waals surface area contributed by atoms with Crippen molar-refractivity contribution >= 4 is 23.3 Å². The number of urea groups is 1. The van der Waals surface area contributed by atoms with Crippen LogP contribution in [0.5, 0.6) is 0 Å². The number of ether oxygens (including phenoxy) is 2. The predicted octanol–water partition coefficient (Wildman–Crippen LogP) is 2.51. The maximum absolute atomic E-state index is 12.4. The van der Waals surface area contributed by atoms with Gasteiger partial charge in [0.25, 0.3) is 0 Å². The van der Waals surface area contributed by atoms with Crippen LogP contribution in [-0.4, -0.2) is 83.6 Å². The molecule has 0 aliphatic carbocycles. The fraction of sp³-hybridized carbons (Fsp3) is 0.706. The largest absolute Gasteiger partial charge is 0.490 e. The summed E-state index contributed by atoms with van der Waals surface area (Å²) in [5, 5.41) is 10.2. The van der Waals surface area contributed by atoms with E-state index in [9.17, 15) is 18.0 Å². The lowest BCUT2D eigenvalue weighted by atomic mass is 10.0. The van der Waals surface area contributed by atoms with Gasteiger partial charge in [-0.1, -0.05) is 0 Å². The number of nitrogens with zero attached hydrogens (tertiary/aromatic N) is 3. The molecule has 0 radical (unpaired) electrons. The average molecular weight is 439 g/mol. The Morgan fingerprint density at radius 3 is 2.62 bits per heavy atom. The van der Waals surface area contributed by atoms with Crippen LogP contribution in [0.25, 0.3) is 0 Å². The highest BCUT2D eigenvalue weighted by Gasteiger charge is 2.47. The summed E-state index contributed by atoms with van der Waals surface area (Å²) in [6.45, 7) is 3.81. The molecule has 1 aromatic heterocycles. The molecule has 0 spiro atoms. The normalized spacial score (nSPS) is 23.8. The molecule has 29 heavy (non-hydrogen) atoms. The number of rotatable bonds is 3. The quantitative estimate of drug-likeness (QED) is 0.778. The molecule has 2 saturated heterocycles. The van der Waals surface area contributed by atoms with Gasteiger partial charge in [-0.05, 0) is 19.8 Å². The van der Waals surface area contributed by atoms with Gasteiger partial charge in [0, 0.05) is 26.1 Å². The minimum atomic E-state index is -5.08. The monoisotopic (exact) mass is 439 g/mol. The Hall–Kier alpha value is -1.92. The van der Waals surface area contributed by atoms with E-state index in [2.05, 4.69) is 4.98 Å². The molecule has 2 fully saturated rings. The summed E-state index contributed by atoms with van der Waals surface area (Å²) in [7, 11) is 3.57. The van der Waals surface area contributed by atoms with Gasteiger partial charge in [-0.25, -0.2) is 14.6 Å². The lowest BCUT2D eigenvalue weighted by Crippen LogP contribution is -2.47. The molecule has 0 bridgehead atoms. The van der Waals surface area contributed by atoms with Crippen LogP contribution in [-0.2, 0) is 20.9 Å².